The molecule has 0 bridgehead atoms. The summed E-state index contributed by atoms with van der Waals surface area (Å²) in [6, 6.07) is 9.37. The van der Waals surface area contributed by atoms with Gasteiger partial charge in [0.15, 0.2) is 6.10 Å². The van der Waals surface area contributed by atoms with E-state index in [0.717, 1.165) is 18.9 Å². The van der Waals surface area contributed by atoms with E-state index in [-0.39, 0.29) is 17.3 Å². The number of nitrogens with zero attached hydrogens (tertiary/aromatic N) is 1. The number of ether oxygens (including phenoxy) is 1. The highest BCUT2D eigenvalue weighted by molar-refractivity contribution is 6.31. The molecule has 2 N–H and O–H groups in total. The molecule has 0 unspecified atom stereocenters. The fourth-order valence-electron chi connectivity index (χ4n) is 2.64. The lowest BCUT2D eigenvalue weighted by molar-refractivity contribution is -0.384. The lowest BCUT2D eigenvalue weighted by Gasteiger charge is -2.15. The fourth-order valence-corrected chi connectivity index (χ4v) is 2.81. The zero-order valence-corrected chi connectivity index (χ0v) is 16.7. The molecule has 0 spiro atoms. The summed E-state index contributed by atoms with van der Waals surface area (Å²) < 4.78 is 5.18. The Morgan fingerprint density at radius 1 is 1.24 bits per heavy atom. The second-order valence-electron chi connectivity index (χ2n) is 6.86. The molecule has 152 valence electrons. The van der Waals surface area contributed by atoms with Crippen LogP contribution in [0.3, 0.4) is 0 Å². The van der Waals surface area contributed by atoms with Crippen LogP contribution in [-0.2, 0) is 9.53 Å². The molecule has 0 saturated heterocycles. The average Bonchev–Trinajstić information content (AvgIpc) is 3.49. The van der Waals surface area contributed by atoms with Crippen LogP contribution in [0.1, 0.15) is 35.7 Å². The third kappa shape index (κ3) is 5.03. The highest BCUT2D eigenvalue weighted by Crippen LogP contribution is 2.31. The lowest BCUT2D eigenvalue weighted by atomic mass is 10.1. The van der Waals surface area contributed by atoms with E-state index >= 15 is 0 Å². The Morgan fingerprint density at radius 2 is 1.97 bits per heavy atom. The Balaban J connectivity index is 1.68. The first-order valence-electron chi connectivity index (χ1n) is 9.08. The van der Waals surface area contributed by atoms with Gasteiger partial charge in [0.2, 0.25) is 0 Å². The number of halogens is 1. The fraction of sp³-hybridized carbons (Fsp3) is 0.300. The van der Waals surface area contributed by atoms with Gasteiger partial charge in [-0.1, -0.05) is 17.7 Å². The monoisotopic (exact) mass is 417 g/mol. The van der Waals surface area contributed by atoms with Crippen molar-refractivity contribution in [3.8, 4) is 0 Å². The predicted molar refractivity (Wildman–Crippen MR) is 109 cm³/mol. The van der Waals surface area contributed by atoms with Gasteiger partial charge in [-0.15, -0.1) is 0 Å². The van der Waals surface area contributed by atoms with Crippen LogP contribution in [0.4, 0.5) is 17.1 Å². The van der Waals surface area contributed by atoms with Crippen molar-refractivity contribution in [2.45, 2.75) is 38.8 Å². The van der Waals surface area contributed by atoms with Gasteiger partial charge in [0.1, 0.15) is 5.69 Å². The first kappa shape index (κ1) is 20.6. The molecule has 29 heavy (non-hydrogen) atoms. The van der Waals surface area contributed by atoms with Crippen molar-refractivity contribution in [1.29, 1.82) is 0 Å². The lowest BCUT2D eigenvalue weighted by Crippen LogP contribution is -2.30. The Bertz CT molecular complexity index is 975. The van der Waals surface area contributed by atoms with E-state index in [4.69, 9.17) is 16.3 Å². The van der Waals surface area contributed by atoms with Crippen LogP contribution in [0.15, 0.2) is 36.4 Å². The maximum absolute atomic E-state index is 12.4. The largest absolute Gasteiger partial charge is 0.449 e. The Labute approximate surface area is 172 Å². The Kier molecular flexibility index (Phi) is 6.03. The van der Waals surface area contributed by atoms with E-state index < -0.39 is 22.9 Å². The summed E-state index contributed by atoms with van der Waals surface area (Å²) in [5.74, 6) is -1.36. The molecule has 8 nitrogen and oxygen atoms in total. The van der Waals surface area contributed by atoms with Gasteiger partial charge < -0.3 is 15.4 Å². The van der Waals surface area contributed by atoms with Gasteiger partial charge in [0.25, 0.3) is 11.6 Å². The van der Waals surface area contributed by atoms with Crippen molar-refractivity contribution >= 4 is 40.5 Å². The number of hydrogen-bond donors (Lipinski definition) is 2. The molecule has 1 atom stereocenters. The minimum Gasteiger partial charge on any atom is -0.449 e. The molecule has 0 radical (unpaired) electrons. The van der Waals surface area contributed by atoms with E-state index in [1.807, 2.05) is 0 Å². The molecule has 0 aromatic heterocycles. The number of nitro benzene ring substituents is 1. The SMILES string of the molecule is Cc1c(Cl)cccc1NC(=O)[C@@H](C)OC(=O)c1ccc(NC2CC2)c([N+](=O)[O-])c1. The number of amides is 1. The average molecular weight is 418 g/mol. The van der Waals surface area contributed by atoms with Crippen molar-refractivity contribution in [3.05, 3.63) is 62.7 Å². The number of carbonyl (C=O) groups excluding carboxylic acids is 2. The molecular formula is C20H20ClN3O5. The molecule has 0 heterocycles. The standard InChI is InChI=1S/C20H20ClN3O5/c1-11-15(21)4-3-5-16(11)23-19(25)12(2)29-20(26)13-6-9-17(22-14-7-8-14)18(10-13)24(27)28/h3-6,9-10,12,14,22H,7-8H2,1-2H3,(H,23,25)/t12-/m1/s1. The Morgan fingerprint density at radius 3 is 2.62 bits per heavy atom. The number of hydrogen-bond acceptors (Lipinski definition) is 6. The van der Waals surface area contributed by atoms with E-state index in [1.165, 1.54) is 19.1 Å². The van der Waals surface area contributed by atoms with Crippen LogP contribution in [0.2, 0.25) is 5.02 Å². The van der Waals surface area contributed by atoms with Gasteiger partial charge >= 0.3 is 5.97 Å². The van der Waals surface area contributed by atoms with Crippen LogP contribution < -0.4 is 10.6 Å². The molecule has 2 aromatic rings. The molecule has 1 saturated carbocycles. The van der Waals surface area contributed by atoms with Gasteiger partial charge in [-0.2, -0.15) is 0 Å². The second-order valence-corrected chi connectivity index (χ2v) is 7.26. The molecule has 2 aromatic carbocycles. The van der Waals surface area contributed by atoms with Gasteiger partial charge in [-0.05, 0) is 56.5 Å². The number of nitro groups is 1. The number of anilines is 2. The van der Waals surface area contributed by atoms with Gasteiger partial charge in [0, 0.05) is 22.8 Å². The van der Waals surface area contributed by atoms with E-state index in [0.29, 0.717) is 22.0 Å². The van der Waals surface area contributed by atoms with Crippen molar-refractivity contribution in [2.24, 2.45) is 0 Å². The summed E-state index contributed by atoms with van der Waals surface area (Å²) in [5, 5.41) is 17.5. The third-order valence-electron chi connectivity index (χ3n) is 4.55. The zero-order valence-electron chi connectivity index (χ0n) is 15.9. The van der Waals surface area contributed by atoms with Gasteiger partial charge in [-0.3, -0.25) is 14.9 Å². The van der Waals surface area contributed by atoms with E-state index in [1.54, 1.807) is 25.1 Å². The maximum Gasteiger partial charge on any atom is 0.339 e. The highest BCUT2D eigenvalue weighted by atomic mass is 35.5. The quantitative estimate of drug-likeness (QED) is 0.394. The summed E-state index contributed by atoms with van der Waals surface area (Å²) in [7, 11) is 0. The molecular weight excluding hydrogens is 398 g/mol. The van der Waals surface area contributed by atoms with E-state index in [2.05, 4.69) is 10.6 Å². The van der Waals surface area contributed by atoms with Crippen LogP contribution >= 0.6 is 11.6 Å². The molecule has 0 aliphatic heterocycles. The van der Waals surface area contributed by atoms with Crippen molar-refractivity contribution in [3.63, 3.8) is 0 Å². The maximum atomic E-state index is 12.4. The molecule has 1 aliphatic carbocycles. The highest BCUT2D eigenvalue weighted by Gasteiger charge is 2.27. The van der Waals surface area contributed by atoms with Crippen molar-refractivity contribution in [1.82, 2.24) is 0 Å². The minimum absolute atomic E-state index is 0.00312. The number of esters is 1. The van der Waals surface area contributed by atoms with Crippen LogP contribution in [0, 0.1) is 17.0 Å². The first-order chi connectivity index (χ1) is 13.8. The smallest absolute Gasteiger partial charge is 0.339 e. The molecule has 1 aliphatic rings. The summed E-state index contributed by atoms with van der Waals surface area (Å²) in [5.41, 5.74) is 1.35. The molecule has 1 fully saturated rings. The first-order valence-corrected chi connectivity index (χ1v) is 9.46. The number of rotatable bonds is 7. The molecule has 3 rings (SSSR count). The number of nitrogens with one attached hydrogen (secondary N) is 2. The summed E-state index contributed by atoms with van der Waals surface area (Å²) in [4.78, 5) is 35.5. The molecule has 1 amide bonds. The van der Waals surface area contributed by atoms with Gasteiger partial charge in [0.05, 0.1) is 10.5 Å². The van der Waals surface area contributed by atoms with Crippen LogP contribution in [0.25, 0.3) is 0 Å². The number of carbonyl (C=O) groups is 2. The zero-order chi connectivity index (χ0) is 21.1. The normalized spacial score (nSPS) is 14.0. The van der Waals surface area contributed by atoms with Gasteiger partial charge in [-0.25, -0.2) is 4.79 Å². The minimum atomic E-state index is -1.11. The second kappa shape index (κ2) is 8.48. The molecule has 9 heteroatoms. The topological polar surface area (TPSA) is 111 Å². The Hall–Kier alpha value is -3.13. The van der Waals surface area contributed by atoms with Crippen LogP contribution in [-0.4, -0.2) is 28.9 Å². The summed E-state index contributed by atoms with van der Waals surface area (Å²) >= 11 is 6.03. The summed E-state index contributed by atoms with van der Waals surface area (Å²) in [6.07, 6.45) is 0.809. The van der Waals surface area contributed by atoms with Crippen molar-refractivity contribution in [2.75, 3.05) is 10.6 Å². The van der Waals surface area contributed by atoms with Crippen LogP contribution in [0.5, 0.6) is 0 Å². The number of benzene rings is 2. The third-order valence-corrected chi connectivity index (χ3v) is 4.96. The van der Waals surface area contributed by atoms with Crippen molar-refractivity contribution < 1.29 is 19.2 Å². The summed E-state index contributed by atoms with van der Waals surface area (Å²) in [6.45, 7) is 3.18. The van der Waals surface area contributed by atoms with E-state index in [9.17, 15) is 19.7 Å². The predicted octanol–water partition coefficient (Wildman–Crippen LogP) is 4.31.